The van der Waals surface area contributed by atoms with Gasteiger partial charge in [0, 0.05) is 0 Å². The molecule has 0 saturated heterocycles. The number of nitrogens with zero attached hydrogens (tertiary/aromatic N) is 1. The molecule has 0 unspecified atom stereocenters. The second-order valence-corrected chi connectivity index (χ2v) is 3.21. The number of ether oxygens (including phenoxy) is 1. The zero-order valence-electron chi connectivity index (χ0n) is 10.3. The number of benzene rings is 1. The van der Waals surface area contributed by atoms with Gasteiger partial charge in [0.2, 0.25) is 6.41 Å². The van der Waals surface area contributed by atoms with E-state index in [0.29, 0.717) is 12.7 Å². The Bertz CT molecular complexity index is 419. The Kier molecular flexibility index (Phi) is 8.11. The van der Waals surface area contributed by atoms with Crippen LogP contribution in [0.2, 0.25) is 0 Å². The number of rotatable bonds is 5. The molecule has 0 aliphatic rings. The fourth-order valence-corrected chi connectivity index (χ4v) is 1.30. The zero-order valence-corrected chi connectivity index (χ0v) is 12.3. The molecule has 0 spiro atoms. The van der Waals surface area contributed by atoms with Crippen LogP contribution >= 0.6 is 0 Å². The second-order valence-electron chi connectivity index (χ2n) is 3.21. The third kappa shape index (κ3) is 4.52. The SMILES string of the molecule is COC(=O)/C(=C\[O-])[15N](C=O)Cc1ccccc1.[Na+]. The molecule has 90 valence electrons. The Balaban J connectivity index is 0.00000289. The van der Waals surface area contributed by atoms with Gasteiger partial charge in [-0.1, -0.05) is 30.3 Å². The van der Waals surface area contributed by atoms with Crippen LogP contribution < -0.4 is 34.7 Å². The maximum absolute atomic E-state index is 11.2. The molecule has 1 amide bonds. The predicted molar refractivity (Wildman–Crippen MR) is 58.1 cm³/mol. The third-order valence-corrected chi connectivity index (χ3v) is 2.14. The van der Waals surface area contributed by atoms with Crippen LogP contribution in [0.5, 0.6) is 0 Å². The smallest absolute Gasteiger partial charge is 0.876 e. The first-order chi connectivity index (χ1) is 8.22. The molecule has 6 heteroatoms. The van der Waals surface area contributed by atoms with Crippen molar-refractivity contribution >= 4 is 12.4 Å². The van der Waals surface area contributed by atoms with E-state index in [0.717, 1.165) is 17.6 Å². The van der Waals surface area contributed by atoms with Crippen LogP contribution in [0.15, 0.2) is 42.3 Å². The van der Waals surface area contributed by atoms with Gasteiger partial charge in [0.1, 0.15) is 5.70 Å². The molecule has 18 heavy (non-hydrogen) atoms. The average Bonchev–Trinajstić information content (AvgIpc) is 2.39. The molecule has 0 atom stereocenters. The standard InChI is InChI=1S/C12H13NO4.Na/c1-17-12(16)11(8-14)13(9-15)7-10-5-3-2-4-6-10;/h2-6,8-9,14H,7H2,1H3;/q;+1/p-1/b11-8+;/i13+1;. The second kappa shape index (κ2) is 8.74. The van der Waals surface area contributed by atoms with Crippen molar-refractivity contribution in [2.24, 2.45) is 0 Å². The van der Waals surface area contributed by atoms with Gasteiger partial charge in [-0.25, -0.2) is 4.79 Å². The topological polar surface area (TPSA) is 69.7 Å². The van der Waals surface area contributed by atoms with Gasteiger partial charge in [-0.3, -0.25) is 4.79 Å². The summed E-state index contributed by atoms with van der Waals surface area (Å²) in [5, 5.41) is 10.8. The molecule has 0 aromatic heterocycles. The number of carbonyl (C=O) groups excluding carboxylic acids is 2. The number of esters is 1. The zero-order chi connectivity index (χ0) is 12.7. The van der Waals surface area contributed by atoms with Crippen molar-refractivity contribution in [3.05, 3.63) is 47.9 Å². The van der Waals surface area contributed by atoms with Gasteiger partial charge >= 0.3 is 35.5 Å². The van der Waals surface area contributed by atoms with Crippen LogP contribution in [0, 0.1) is 0 Å². The van der Waals surface area contributed by atoms with E-state index in [4.69, 9.17) is 0 Å². The van der Waals surface area contributed by atoms with E-state index in [2.05, 4.69) is 4.74 Å². The summed E-state index contributed by atoms with van der Waals surface area (Å²) in [6.07, 6.45) is 0.733. The minimum Gasteiger partial charge on any atom is -0.876 e. The van der Waals surface area contributed by atoms with Crippen molar-refractivity contribution in [1.82, 2.24) is 4.90 Å². The van der Waals surface area contributed by atoms with E-state index in [1.165, 1.54) is 0 Å². The van der Waals surface area contributed by atoms with Gasteiger partial charge in [-0.05, 0) is 5.56 Å². The molecule has 1 rings (SSSR count). The Labute approximate surface area is 127 Å². The minimum absolute atomic E-state index is 0. The fraction of sp³-hybridized carbons (Fsp3) is 0.167. The fourth-order valence-electron chi connectivity index (χ4n) is 1.30. The number of amides is 1. The Morgan fingerprint density at radius 1 is 1.39 bits per heavy atom. The van der Waals surface area contributed by atoms with E-state index >= 15 is 0 Å². The molecule has 0 N–H and O–H groups in total. The van der Waals surface area contributed by atoms with Crippen LogP contribution in [-0.4, -0.2) is 24.4 Å². The summed E-state index contributed by atoms with van der Waals surface area (Å²) in [5.74, 6) is -0.831. The summed E-state index contributed by atoms with van der Waals surface area (Å²) < 4.78 is 4.42. The van der Waals surface area contributed by atoms with Crippen LogP contribution in [-0.2, 0) is 20.9 Å². The van der Waals surface area contributed by atoms with Crippen LogP contribution in [0.25, 0.3) is 0 Å². The van der Waals surface area contributed by atoms with Gasteiger partial charge in [0.15, 0.2) is 0 Å². The maximum atomic E-state index is 11.2. The number of methoxy groups -OCH3 is 1. The van der Waals surface area contributed by atoms with Crippen molar-refractivity contribution in [1.29, 1.82) is 0 Å². The molecule has 0 radical (unpaired) electrons. The molecular formula is C12H12NNaO4. The number of hydrogen-bond donors (Lipinski definition) is 0. The van der Waals surface area contributed by atoms with Crippen molar-refractivity contribution in [3.8, 4) is 0 Å². The summed E-state index contributed by atoms with van der Waals surface area (Å²) >= 11 is 0. The third-order valence-electron chi connectivity index (χ3n) is 2.14. The molecule has 1 aromatic rings. The van der Waals surface area contributed by atoms with Gasteiger partial charge < -0.3 is 14.7 Å². The van der Waals surface area contributed by atoms with Gasteiger partial charge in [-0.2, -0.15) is 0 Å². The largest absolute Gasteiger partial charge is 1.00 e. The molecule has 0 aliphatic carbocycles. The summed E-state index contributed by atoms with van der Waals surface area (Å²) in [6, 6.07) is 9.01. The molecule has 5 nitrogen and oxygen atoms in total. The molecule has 0 bridgehead atoms. The summed E-state index contributed by atoms with van der Waals surface area (Å²) in [5.41, 5.74) is 0.495. The van der Waals surface area contributed by atoms with E-state index in [1.807, 2.05) is 6.07 Å². The normalized spacial score (nSPS) is 10.2. The van der Waals surface area contributed by atoms with Crippen molar-refractivity contribution < 1.29 is 49.0 Å². The summed E-state index contributed by atoms with van der Waals surface area (Å²) in [4.78, 5) is 23.1. The van der Waals surface area contributed by atoms with E-state index < -0.39 is 5.97 Å². The maximum Gasteiger partial charge on any atom is 1.00 e. The Morgan fingerprint density at radius 2 is 2.00 bits per heavy atom. The molecule has 0 heterocycles. The Hall–Kier alpha value is -1.30. The molecule has 0 fully saturated rings. The van der Waals surface area contributed by atoms with Crippen molar-refractivity contribution in [3.63, 3.8) is 0 Å². The molecule has 0 aliphatic heterocycles. The Morgan fingerprint density at radius 3 is 2.44 bits per heavy atom. The summed E-state index contributed by atoms with van der Waals surface area (Å²) in [7, 11) is 1.15. The average molecular weight is 258 g/mol. The number of hydrogen-bond acceptors (Lipinski definition) is 4. The van der Waals surface area contributed by atoms with Crippen LogP contribution in [0.4, 0.5) is 0 Å². The quantitative estimate of drug-likeness (QED) is 0.141. The van der Waals surface area contributed by atoms with Gasteiger partial charge in [-0.15, -0.1) is 6.26 Å². The van der Waals surface area contributed by atoms with Gasteiger partial charge in [0.05, 0.1) is 13.7 Å². The van der Waals surface area contributed by atoms with Crippen LogP contribution in [0.1, 0.15) is 5.56 Å². The van der Waals surface area contributed by atoms with E-state index in [1.54, 1.807) is 24.3 Å². The van der Waals surface area contributed by atoms with Crippen molar-refractivity contribution in [2.75, 3.05) is 7.11 Å². The van der Waals surface area contributed by atoms with Crippen LogP contribution in [0.3, 0.4) is 0 Å². The van der Waals surface area contributed by atoms with E-state index in [-0.39, 0.29) is 41.8 Å². The first kappa shape index (κ1) is 16.7. The summed E-state index contributed by atoms with van der Waals surface area (Å²) in [6.45, 7) is 0.146. The first-order valence-electron chi connectivity index (χ1n) is 4.89. The van der Waals surface area contributed by atoms with Gasteiger partial charge in [0.25, 0.3) is 0 Å². The molecular weight excluding hydrogens is 246 g/mol. The predicted octanol–water partition coefficient (Wildman–Crippen LogP) is -2.98. The van der Waals surface area contributed by atoms with E-state index in [9.17, 15) is 14.7 Å². The van der Waals surface area contributed by atoms with Crippen molar-refractivity contribution in [2.45, 2.75) is 6.54 Å². The molecule has 1 aromatic carbocycles. The minimum atomic E-state index is -0.831. The molecule has 0 saturated carbocycles. The monoisotopic (exact) mass is 258 g/mol. The number of carbonyl (C=O) groups is 2. The first-order valence-corrected chi connectivity index (χ1v) is 4.89.